The first-order valence-electron chi connectivity index (χ1n) is 7.69. The molecule has 126 valence electrons. The summed E-state index contributed by atoms with van der Waals surface area (Å²) in [5, 5.41) is 4.28. The summed E-state index contributed by atoms with van der Waals surface area (Å²) in [6, 6.07) is 8.25. The highest BCUT2D eigenvalue weighted by molar-refractivity contribution is 6.30. The van der Waals surface area contributed by atoms with Crippen LogP contribution in [0.3, 0.4) is 0 Å². The highest BCUT2D eigenvalue weighted by Crippen LogP contribution is 2.15. The van der Waals surface area contributed by atoms with E-state index in [4.69, 9.17) is 11.6 Å². The Labute approximate surface area is 151 Å². The maximum Gasteiger partial charge on any atom is 0.0406 e. The predicted octanol–water partition coefficient (Wildman–Crippen LogP) is 2.91. The minimum atomic E-state index is 0. The van der Waals surface area contributed by atoms with Gasteiger partial charge in [0.25, 0.3) is 0 Å². The lowest BCUT2D eigenvalue weighted by Crippen LogP contribution is -2.47. The van der Waals surface area contributed by atoms with Crippen LogP contribution in [0.1, 0.15) is 12.0 Å². The second-order valence-corrected chi connectivity index (χ2v) is 6.50. The molecule has 2 saturated heterocycles. The Balaban J connectivity index is 0.00000121. The van der Waals surface area contributed by atoms with Crippen molar-refractivity contribution in [3.63, 3.8) is 0 Å². The number of piperazine rings is 1. The Hall–Kier alpha value is -0.0300. The van der Waals surface area contributed by atoms with Gasteiger partial charge >= 0.3 is 0 Å². The molecule has 0 saturated carbocycles. The number of halogens is 3. The third-order valence-electron chi connectivity index (χ3n) is 4.46. The first-order chi connectivity index (χ1) is 9.79. The van der Waals surface area contributed by atoms with Gasteiger partial charge in [-0.15, -0.1) is 24.8 Å². The quantitative estimate of drug-likeness (QED) is 0.884. The molecule has 2 aliphatic rings. The molecule has 2 heterocycles. The van der Waals surface area contributed by atoms with Crippen molar-refractivity contribution < 1.29 is 0 Å². The van der Waals surface area contributed by atoms with Crippen LogP contribution in [0, 0.1) is 5.92 Å². The summed E-state index contributed by atoms with van der Waals surface area (Å²) >= 11 is 5.93. The van der Waals surface area contributed by atoms with Crippen LogP contribution < -0.4 is 5.32 Å². The Morgan fingerprint density at radius 1 is 1.00 bits per heavy atom. The van der Waals surface area contributed by atoms with E-state index >= 15 is 0 Å². The maximum atomic E-state index is 5.93. The Morgan fingerprint density at radius 3 is 2.23 bits per heavy atom. The van der Waals surface area contributed by atoms with Gasteiger partial charge in [-0.1, -0.05) is 23.7 Å². The zero-order chi connectivity index (χ0) is 13.8. The molecular weight excluding hydrogens is 341 g/mol. The van der Waals surface area contributed by atoms with Crippen molar-refractivity contribution in [1.29, 1.82) is 0 Å². The Morgan fingerprint density at radius 2 is 1.64 bits per heavy atom. The fourth-order valence-corrected chi connectivity index (χ4v) is 3.34. The van der Waals surface area contributed by atoms with Crippen LogP contribution in [0.15, 0.2) is 24.3 Å². The van der Waals surface area contributed by atoms with E-state index in [-0.39, 0.29) is 24.8 Å². The lowest BCUT2D eigenvalue weighted by molar-refractivity contribution is 0.115. The van der Waals surface area contributed by atoms with E-state index in [9.17, 15) is 0 Å². The minimum absolute atomic E-state index is 0. The Kier molecular flexibility index (Phi) is 9.07. The molecular formula is C16H26Cl3N3. The summed E-state index contributed by atoms with van der Waals surface area (Å²) in [4.78, 5) is 5.18. The lowest BCUT2D eigenvalue weighted by atomic mass is 10.1. The first-order valence-corrected chi connectivity index (χ1v) is 8.07. The monoisotopic (exact) mass is 365 g/mol. The van der Waals surface area contributed by atoms with Crippen LogP contribution in [0.2, 0.25) is 5.02 Å². The normalized spacial score (nSPS) is 22.9. The van der Waals surface area contributed by atoms with Gasteiger partial charge < -0.3 is 10.2 Å². The van der Waals surface area contributed by atoms with E-state index in [1.165, 1.54) is 57.8 Å². The van der Waals surface area contributed by atoms with Gasteiger partial charge in [0.15, 0.2) is 0 Å². The van der Waals surface area contributed by atoms with Crippen LogP contribution in [-0.4, -0.2) is 55.6 Å². The summed E-state index contributed by atoms with van der Waals surface area (Å²) in [7, 11) is 0. The molecule has 3 nitrogen and oxygen atoms in total. The molecule has 1 aromatic rings. The van der Waals surface area contributed by atoms with E-state index in [0.717, 1.165) is 17.5 Å². The molecule has 3 rings (SSSR count). The van der Waals surface area contributed by atoms with Gasteiger partial charge in [-0.2, -0.15) is 0 Å². The maximum absolute atomic E-state index is 5.93. The van der Waals surface area contributed by atoms with Gasteiger partial charge in [0, 0.05) is 44.3 Å². The summed E-state index contributed by atoms with van der Waals surface area (Å²) in [6.45, 7) is 9.55. The van der Waals surface area contributed by atoms with Gasteiger partial charge in [-0.3, -0.25) is 4.90 Å². The predicted molar refractivity (Wildman–Crippen MR) is 98.6 cm³/mol. The van der Waals surface area contributed by atoms with Crippen molar-refractivity contribution in [1.82, 2.24) is 15.1 Å². The second-order valence-electron chi connectivity index (χ2n) is 6.06. The zero-order valence-corrected chi connectivity index (χ0v) is 15.2. The molecule has 1 aromatic carbocycles. The first kappa shape index (κ1) is 20.0. The van der Waals surface area contributed by atoms with Gasteiger partial charge in [-0.05, 0) is 43.1 Å². The lowest BCUT2D eigenvalue weighted by Gasteiger charge is -2.35. The number of nitrogens with one attached hydrogen (secondary N) is 1. The average molecular weight is 367 g/mol. The molecule has 0 aliphatic carbocycles. The molecule has 0 amide bonds. The van der Waals surface area contributed by atoms with Gasteiger partial charge in [0.05, 0.1) is 0 Å². The van der Waals surface area contributed by atoms with E-state index in [0.29, 0.717) is 0 Å². The molecule has 0 spiro atoms. The molecule has 22 heavy (non-hydrogen) atoms. The Bertz CT molecular complexity index is 413. The van der Waals surface area contributed by atoms with Gasteiger partial charge in [0.1, 0.15) is 0 Å². The van der Waals surface area contributed by atoms with Crippen molar-refractivity contribution in [3.05, 3.63) is 34.9 Å². The van der Waals surface area contributed by atoms with Gasteiger partial charge in [-0.25, -0.2) is 0 Å². The summed E-state index contributed by atoms with van der Waals surface area (Å²) in [6.07, 6.45) is 1.35. The molecule has 6 heteroatoms. The largest absolute Gasteiger partial charge is 0.316 e. The summed E-state index contributed by atoms with van der Waals surface area (Å²) in [5.41, 5.74) is 1.36. The fourth-order valence-electron chi connectivity index (χ4n) is 3.21. The fraction of sp³-hybridized carbons (Fsp3) is 0.625. The molecule has 1 unspecified atom stereocenters. The topological polar surface area (TPSA) is 18.5 Å². The van der Waals surface area contributed by atoms with Crippen LogP contribution in [-0.2, 0) is 6.54 Å². The van der Waals surface area contributed by atoms with E-state index < -0.39 is 0 Å². The standard InChI is InChI=1S/C16H24ClN3.2ClH/c17-16-3-1-14(2-4-16)12-19-7-9-20(10-8-19)13-15-5-6-18-11-15;;/h1-4,15,18H,5-13H2;2*1H. The number of nitrogens with zero attached hydrogens (tertiary/aromatic N) is 2. The molecule has 2 aliphatic heterocycles. The van der Waals surface area contributed by atoms with Crippen molar-refractivity contribution in [2.75, 3.05) is 45.8 Å². The third-order valence-corrected chi connectivity index (χ3v) is 4.72. The molecule has 2 fully saturated rings. The molecule has 1 N–H and O–H groups in total. The van der Waals surface area contributed by atoms with Crippen LogP contribution in [0.25, 0.3) is 0 Å². The SMILES string of the molecule is Cl.Cl.Clc1ccc(CN2CCN(CC3CCNC3)CC2)cc1. The van der Waals surface area contributed by atoms with E-state index in [1.807, 2.05) is 12.1 Å². The van der Waals surface area contributed by atoms with Crippen LogP contribution in [0.4, 0.5) is 0 Å². The highest BCUT2D eigenvalue weighted by Gasteiger charge is 2.21. The van der Waals surface area contributed by atoms with Crippen LogP contribution >= 0.6 is 36.4 Å². The second kappa shape index (κ2) is 9.96. The molecule has 0 bridgehead atoms. The van der Waals surface area contributed by atoms with E-state index in [1.54, 1.807) is 0 Å². The number of benzene rings is 1. The molecule has 0 aromatic heterocycles. The average Bonchev–Trinajstić information content (AvgIpc) is 2.96. The summed E-state index contributed by atoms with van der Waals surface area (Å²) < 4.78 is 0. The smallest absolute Gasteiger partial charge is 0.0406 e. The van der Waals surface area contributed by atoms with Crippen molar-refractivity contribution >= 4 is 36.4 Å². The molecule has 1 atom stereocenters. The van der Waals surface area contributed by atoms with Crippen molar-refractivity contribution in [3.8, 4) is 0 Å². The third kappa shape index (κ3) is 5.88. The number of rotatable bonds is 4. The van der Waals surface area contributed by atoms with E-state index in [2.05, 4.69) is 27.2 Å². The van der Waals surface area contributed by atoms with Crippen LogP contribution in [0.5, 0.6) is 0 Å². The number of hydrogen-bond donors (Lipinski definition) is 1. The number of hydrogen-bond acceptors (Lipinski definition) is 3. The zero-order valence-electron chi connectivity index (χ0n) is 12.8. The highest BCUT2D eigenvalue weighted by atomic mass is 35.5. The van der Waals surface area contributed by atoms with Crippen molar-refractivity contribution in [2.45, 2.75) is 13.0 Å². The summed E-state index contributed by atoms with van der Waals surface area (Å²) in [5.74, 6) is 0.873. The minimum Gasteiger partial charge on any atom is -0.316 e. The molecule has 0 radical (unpaired) electrons. The van der Waals surface area contributed by atoms with Crippen molar-refractivity contribution in [2.24, 2.45) is 5.92 Å². The van der Waals surface area contributed by atoms with Gasteiger partial charge in [0.2, 0.25) is 0 Å².